The highest BCUT2D eigenvalue weighted by molar-refractivity contribution is 7.80. The zero-order valence-corrected chi connectivity index (χ0v) is 14.4. The van der Waals surface area contributed by atoms with Crippen molar-refractivity contribution in [2.45, 2.75) is 6.42 Å². The molecule has 0 fully saturated rings. The molecule has 122 valence electrons. The number of nitrogens with one attached hydrogen (secondary N) is 1. The third kappa shape index (κ3) is 4.36. The Hall–Kier alpha value is -2.27. The largest absolute Gasteiger partial charge is 0.493 e. The molecule has 0 unspecified atom stereocenters. The number of hydrogen-bond acceptors (Lipinski definition) is 4. The minimum atomic E-state index is 0.561. The summed E-state index contributed by atoms with van der Waals surface area (Å²) in [5.41, 5.74) is 2.11. The second-order valence-electron chi connectivity index (χ2n) is 4.91. The Bertz CT molecular complexity index is 634. The van der Waals surface area contributed by atoms with Crippen molar-refractivity contribution in [2.75, 3.05) is 27.9 Å². The Kier molecular flexibility index (Phi) is 6.23. The number of rotatable bonds is 7. The molecule has 5 heteroatoms. The van der Waals surface area contributed by atoms with Crippen molar-refractivity contribution in [3.8, 4) is 17.2 Å². The molecule has 4 nitrogen and oxygen atoms in total. The maximum absolute atomic E-state index is 5.47. The standard InChI is InChI=1S/C18H21NO3S/c1-20-15-11-14(12-16(21-2)17(15)22-3)18(23)19-10-9-13-7-5-4-6-8-13/h4-8,11-12H,9-10H2,1-3H3,(H,19,23). The van der Waals surface area contributed by atoms with Crippen LogP contribution < -0.4 is 19.5 Å². The van der Waals surface area contributed by atoms with Crippen LogP contribution >= 0.6 is 12.2 Å². The van der Waals surface area contributed by atoms with Crippen LogP contribution in [0.2, 0.25) is 0 Å². The minimum Gasteiger partial charge on any atom is -0.493 e. The molecule has 23 heavy (non-hydrogen) atoms. The van der Waals surface area contributed by atoms with Gasteiger partial charge in [-0.2, -0.15) is 0 Å². The fraction of sp³-hybridized carbons (Fsp3) is 0.278. The van der Waals surface area contributed by atoms with Crippen LogP contribution in [0.4, 0.5) is 0 Å². The number of methoxy groups -OCH3 is 3. The summed E-state index contributed by atoms with van der Waals surface area (Å²) in [7, 11) is 4.76. The Morgan fingerprint density at radius 3 is 2.09 bits per heavy atom. The summed E-state index contributed by atoms with van der Waals surface area (Å²) >= 11 is 5.47. The smallest absolute Gasteiger partial charge is 0.203 e. The van der Waals surface area contributed by atoms with Gasteiger partial charge in [0.05, 0.1) is 21.3 Å². The van der Waals surface area contributed by atoms with Crippen LogP contribution in [0.3, 0.4) is 0 Å². The summed E-state index contributed by atoms with van der Waals surface area (Å²) in [4.78, 5) is 0.653. The van der Waals surface area contributed by atoms with E-state index in [0.717, 1.165) is 18.5 Å². The van der Waals surface area contributed by atoms with E-state index in [-0.39, 0.29) is 0 Å². The van der Waals surface area contributed by atoms with E-state index >= 15 is 0 Å². The third-order valence-electron chi connectivity index (χ3n) is 3.47. The maximum atomic E-state index is 5.47. The van der Waals surface area contributed by atoms with Crippen molar-refractivity contribution in [1.29, 1.82) is 0 Å². The average molecular weight is 331 g/mol. The lowest BCUT2D eigenvalue weighted by molar-refractivity contribution is 0.324. The summed E-state index contributed by atoms with van der Waals surface area (Å²) in [5.74, 6) is 1.74. The highest BCUT2D eigenvalue weighted by Gasteiger charge is 2.15. The molecule has 0 aliphatic heterocycles. The first-order valence-corrected chi connectivity index (χ1v) is 7.72. The van der Waals surface area contributed by atoms with Gasteiger partial charge in [0.1, 0.15) is 4.99 Å². The molecule has 2 aromatic rings. The van der Waals surface area contributed by atoms with Gasteiger partial charge in [0.25, 0.3) is 0 Å². The Labute approximate surface area is 142 Å². The molecule has 0 atom stereocenters. The molecular formula is C18H21NO3S. The van der Waals surface area contributed by atoms with Crippen molar-refractivity contribution >= 4 is 17.2 Å². The number of benzene rings is 2. The average Bonchev–Trinajstić information content (AvgIpc) is 2.61. The fourth-order valence-electron chi connectivity index (χ4n) is 2.28. The zero-order chi connectivity index (χ0) is 16.7. The van der Waals surface area contributed by atoms with Gasteiger partial charge in [-0.15, -0.1) is 0 Å². The van der Waals surface area contributed by atoms with Crippen molar-refractivity contribution in [3.63, 3.8) is 0 Å². The topological polar surface area (TPSA) is 39.7 Å². The molecule has 1 N–H and O–H groups in total. The molecule has 0 radical (unpaired) electrons. The highest BCUT2D eigenvalue weighted by Crippen LogP contribution is 2.38. The van der Waals surface area contributed by atoms with E-state index < -0.39 is 0 Å². The molecule has 2 rings (SSSR count). The lowest BCUT2D eigenvalue weighted by atomic mass is 10.1. The van der Waals surface area contributed by atoms with Crippen molar-refractivity contribution in [2.24, 2.45) is 0 Å². The monoisotopic (exact) mass is 331 g/mol. The van der Waals surface area contributed by atoms with Crippen molar-refractivity contribution < 1.29 is 14.2 Å². The normalized spacial score (nSPS) is 10.0. The summed E-state index contributed by atoms with van der Waals surface area (Å²) in [5, 5.41) is 3.27. The van der Waals surface area contributed by atoms with Gasteiger partial charge in [-0.1, -0.05) is 42.5 Å². The molecular weight excluding hydrogens is 310 g/mol. The molecule has 0 aromatic heterocycles. The van der Waals surface area contributed by atoms with Crippen LogP contribution in [-0.4, -0.2) is 32.9 Å². The van der Waals surface area contributed by atoms with E-state index in [1.165, 1.54) is 5.56 Å². The summed E-state index contributed by atoms with van der Waals surface area (Å²) in [6, 6.07) is 14.0. The molecule has 0 bridgehead atoms. The van der Waals surface area contributed by atoms with Crippen molar-refractivity contribution in [3.05, 3.63) is 53.6 Å². The van der Waals surface area contributed by atoms with E-state index in [9.17, 15) is 0 Å². The van der Waals surface area contributed by atoms with Gasteiger partial charge in [-0.05, 0) is 24.1 Å². The van der Waals surface area contributed by atoms with Gasteiger partial charge in [0, 0.05) is 12.1 Å². The van der Waals surface area contributed by atoms with Gasteiger partial charge in [0.2, 0.25) is 5.75 Å². The molecule has 0 aliphatic carbocycles. The number of ether oxygens (including phenoxy) is 3. The Morgan fingerprint density at radius 2 is 1.57 bits per heavy atom. The van der Waals surface area contributed by atoms with Gasteiger partial charge in [-0.3, -0.25) is 0 Å². The van der Waals surface area contributed by atoms with E-state index in [0.29, 0.717) is 22.2 Å². The SMILES string of the molecule is COc1cc(C(=S)NCCc2ccccc2)cc(OC)c1OC. The number of thiocarbonyl (C=S) groups is 1. The maximum Gasteiger partial charge on any atom is 0.203 e. The molecule has 0 aliphatic rings. The predicted molar refractivity (Wildman–Crippen MR) is 95.9 cm³/mol. The van der Waals surface area contributed by atoms with Crippen LogP contribution in [0.1, 0.15) is 11.1 Å². The highest BCUT2D eigenvalue weighted by atomic mass is 32.1. The summed E-state index contributed by atoms with van der Waals surface area (Å²) in [6.45, 7) is 0.763. The first kappa shape index (κ1) is 17.1. The lowest BCUT2D eigenvalue weighted by Crippen LogP contribution is -2.24. The van der Waals surface area contributed by atoms with Crippen LogP contribution in [0.15, 0.2) is 42.5 Å². The van der Waals surface area contributed by atoms with E-state index in [4.69, 9.17) is 26.4 Å². The predicted octanol–water partition coefficient (Wildman–Crippen LogP) is 3.22. The quantitative estimate of drug-likeness (QED) is 0.789. The molecule has 0 saturated carbocycles. The van der Waals surface area contributed by atoms with E-state index in [1.54, 1.807) is 21.3 Å². The van der Waals surface area contributed by atoms with Crippen LogP contribution in [-0.2, 0) is 6.42 Å². The van der Waals surface area contributed by atoms with Crippen LogP contribution in [0.5, 0.6) is 17.2 Å². The molecule has 0 amide bonds. The first-order valence-electron chi connectivity index (χ1n) is 7.31. The minimum absolute atomic E-state index is 0.561. The van der Waals surface area contributed by atoms with Crippen LogP contribution in [0.25, 0.3) is 0 Å². The van der Waals surface area contributed by atoms with Gasteiger partial charge < -0.3 is 19.5 Å². The lowest BCUT2D eigenvalue weighted by Gasteiger charge is -2.15. The van der Waals surface area contributed by atoms with E-state index in [2.05, 4.69) is 17.4 Å². The zero-order valence-electron chi connectivity index (χ0n) is 13.6. The third-order valence-corrected chi connectivity index (χ3v) is 3.85. The van der Waals surface area contributed by atoms with Gasteiger partial charge in [-0.25, -0.2) is 0 Å². The second kappa shape index (κ2) is 8.39. The number of hydrogen-bond donors (Lipinski definition) is 1. The van der Waals surface area contributed by atoms with Gasteiger partial charge >= 0.3 is 0 Å². The molecule has 0 heterocycles. The summed E-state index contributed by atoms with van der Waals surface area (Å²) in [6.07, 6.45) is 0.908. The van der Waals surface area contributed by atoms with E-state index in [1.807, 2.05) is 30.3 Å². The Morgan fingerprint density at radius 1 is 0.957 bits per heavy atom. The van der Waals surface area contributed by atoms with Crippen LogP contribution in [0, 0.1) is 0 Å². The molecule has 0 spiro atoms. The fourth-order valence-corrected chi connectivity index (χ4v) is 2.50. The second-order valence-corrected chi connectivity index (χ2v) is 5.31. The van der Waals surface area contributed by atoms with Crippen molar-refractivity contribution in [1.82, 2.24) is 5.32 Å². The Balaban J connectivity index is 2.07. The first-order chi connectivity index (χ1) is 11.2. The molecule has 2 aromatic carbocycles. The summed E-state index contributed by atoms with van der Waals surface area (Å²) < 4.78 is 16.0. The van der Waals surface area contributed by atoms with Gasteiger partial charge in [0.15, 0.2) is 11.5 Å². The molecule has 0 saturated heterocycles.